The van der Waals surface area contributed by atoms with E-state index < -0.39 is 0 Å². The van der Waals surface area contributed by atoms with Gasteiger partial charge in [-0.2, -0.15) is 10.2 Å². The van der Waals surface area contributed by atoms with Crippen LogP contribution in [0.15, 0.2) is 10.2 Å². The number of hydrogen-bond donors (Lipinski definition) is 0. The average Bonchev–Trinajstić information content (AvgIpc) is 2.10. The Bertz CT molecular complexity index is 141. The molecule has 2 heteroatoms. The molecular weight excluding hydrogens is 148 g/mol. The van der Waals surface area contributed by atoms with Crippen molar-refractivity contribution in [2.75, 3.05) is 0 Å². The van der Waals surface area contributed by atoms with Gasteiger partial charge in [-0.3, -0.25) is 0 Å². The van der Waals surface area contributed by atoms with E-state index in [1.165, 1.54) is 19.3 Å². The molecule has 2 atom stereocenters. The lowest BCUT2D eigenvalue weighted by atomic mass is 9.92. The predicted molar refractivity (Wildman–Crippen MR) is 55.9 cm³/mol. The molecule has 0 aromatic heterocycles. The van der Waals surface area contributed by atoms with Crippen LogP contribution in [0.5, 0.6) is 0 Å². The highest BCUT2D eigenvalue weighted by Crippen LogP contribution is 2.15. The zero-order chi connectivity index (χ0) is 9.40. The molecule has 2 nitrogen and oxygen atoms in total. The smallest absolute Gasteiger partial charge is 0.0300 e. The van der Waals surface area contributed by atoms with Crippen molar-refractivity contribution in [1.82, 2.24) is 0 Å². The fourth-order valence-corrected chi connectivity index (χ4v) is 1.09. The highest BCUT2D eigenvalue weighted by atomic mass is 15.2. The van der Waals surface area contributed by atoms with E-state index in [-0.39, 0.29) is 0 Å². The van der Waals surface area contributed by atoms with Gasteiger partial charge in [0.05, 0.1) is 0 Å². The summed E-state index contributed by atoms with van der Waals surface area (Å²) >= 11 is 0. The van der Waals surface area contributed by atoms with Crippen molar-refractivity contribution in [3.8, 4) is 0 Å². The fourth-order valence-electron chi connectivity index (χ4n) is 1.09. The molecule has 0 saturated carbocycles. The van der Waals surface area contributed by atoms with E-state index in [9.17, 15) is 0 Å². The fraction of sp³-hybridized carbons (Fsp3) is 0.800. The van der Waals surface area contributed by atoms with Gasteiger partial charge in [-0.05, 0) is 11.8 Å². The minimum atomic E-state index is 0.516. The van der Waals surface area contributed by atoms with Crippen molar-refractivity contribution >= 4 is 12.9 Å². The van der Waals surface area contributed by atoms with Crippen LogP contribution in [0.25, 0.3) is 0 Å². The van der Waals surface area contributed by atoms with Crippen molar-refractivity contribution in [3.05, 3.63) is 0 Å². The van der Waals surface area contributed by atoms with Crippen molar-refractivity contribution in [1.29, 1.82) is 0 Å². The van der Waals surface area contributed by atoms with E-state index in [0.717, 1.165) is 0 Å². The molecule has 2 unspecified atom stereocenters. The van der Waals surface area contributed by atoms with Gasteiger partial charge in [0, 0.05) is 12.9 Å². The van der Waals surface area contributed by atoms with Gasteiger partial charge >= 0.3 is 0 Å². The minimum absolute atomic E-state index is 0.516. The van der Waals surface area contributed by atoms with Gasteiger partial charge in [0.1, 0.15) is 0 Å². The van der Waals surface area contributed by atoms with Crippen molar-refractivity contribution in [2.45, 2.75) is 40.0 Å². The maximum Gasteiger partial charge on any atom is 0.0300 e. The second kappa shape index (κ2) is 7.01. The van der Waals surface area contributed by atoms with Gasteiger partial charge in [0.2, 0.25) is 0 Å². The molecule has 0 fully saturated rings. The first-order chi connectivity index (χ1) is 5.72. The van der Waals surface area contributed by atoms with Crippen molar-refractivity contribution < 1.29 is 0 Å². The Labute approximate surface area is 75.8 Å². The van der Waals surface area contributed by atoms with E-state index in [1.54, 1.807) is 0 Å². The molecule has 0 radical (unpaired) electrons. The third-order valence-electron chi connectivity index (χ3n) is 2.29. The summed E-state index contributed by atoms with van der Waals surface area (Å²) in [6.07, 6.45) is 5.74. The lowest BCUT2D eigenvalue weighted by molar-refractivity contribution is 0.437. The quantitative estimate of drug-likeness (QED) is 0.430. The molecular formula is C10H20N2. The molecule has 0 spiro atoms. The van der Waals surface area contributed by atoms with Crippen molar-refractivity contribution in [2.24, 2.45) is 22.0 Å². The highest BCUT2D eigenvalue weighted by molar-refractivity contribution is 5.60. The summed E-state index contributed by atoms with van der Waals surface area (Å²) in [4.78, 5) is 0. The largest absolute Gasteiger partial charge is 0.167 e. The van der Waals surface area contributed by atoms with E-state index in [1.807, 2.05) is 6.21 Å². The maximum atomic E-state index is 3.79. The summed E-state index contributed by atoms with van der Waals surface area (Å²) in [5.41, 5.74) is 0. The van der Waals surface area contributed by atoms with Crippen LogP contribution in [0.1, 0.15) is 40.0 Å². The average molecular weight is 168 g/mol. The summed E-state index contributed by atoms with van der Waals surface area (Å²) in [7, 11) is 0. The second-order valence-corrected chi connectivity index (χ2v) is 3.38. The van der Waals surface area contributed by atoms with Crippen LogP contribution >= 0.6 is 0 Å². The first-order valence-corrected chi connectivity index (χ1v) is 4.71. The molecule has 0 amide bonds. The Morgan fingerprint density at radius 2 is 2.08 bits per heavy atom. The lowest BCUT2D eigenvalue weighted by Crippen LogP contribution is -2.08. The molecule has 0 aliphatic rings. The third-order valence-corrected chi connectivity index (χ3v) is 2.29. The highest BCUT2D eigenvalue weighted by Gasteiger charge is 2.08. The molecule has 0 heterocycles. The molecule has 0 rings (SSSR count). The van der Waals surface area contributed by atoms with Gasteiger partial charge in [-0.25, -0.2) is 0 Å². The van der Waals surface area contributed by atoms with Gasteiger partial charge in [0.25, 0.3) is 0 Å². The third kappa shape index (κ3) is 5.05. The van der Waals surface area contributed by atoms with Gasteiger partial charge in [-0.15, -0.1) is 0 Å². The first kappa shape index (κ1) is 11.3. The van der Waals surface area contributed by atoms with E-state index in [0.29, 0.717) is 11.8 Å². The van der Waals surface area contributed by atoms with Gasteiger partial charge in [0.15, 0.2) is 0 Å². The Morgan fingerprint density at radius 1 is 1.42 bits per heavy atom. The van der Waals surface area contributed by atoms with Gasteiger partial charge in [-0.1, -0.05) is 40.0 Å². The zero-order valence-electron chi connectivity index (χ0n) is 8.45. The van der Waals surface area contributed by atoms with E-state index in [2.05, 4.69) is 37.7 Å². The van der Waals surface area contributed by atoms with Crippen LogP contribution < -0.4 is 0 Å². The normalized spacial score (nSPS) is 16.2. The molecule has 0 N–H and O–H groups in total. The second-order valence-electron chi connectivity index (χ2n) is 3.38. The summed E-state index contributed by atoms with van der Waals surface area (Å²) in [5, 5.41) is 7.25. The summed E-state index contributed by atoms with van der Waals surface area (Å²) in [6.45, 7) is 9.96. The lowest BCUT2D eigenvalue weighted by Gasteiger charge is -2.14. The first-order valence-electron chi connectivity index (χ1n) is 4.71. The molecule has 70 valence electrons. The van der Waals surface area contributed by atoms with Crippen LogP contribution in [-0.4, -0.2) is 12.9 Å². The standard InChI is InChI=1S/C10H20N2/c1-5-6-7-9(2)10(3)8-12-11-4/h8-10H,4-7H2,1-3H3/b12-8-. The zero-order valence-corrected chi connectivity index (χ0v) is 8.45. The van der Waals surface area contributed by atoms with E-state index in [4.69, 9.17) is 0 Å². The molecule has 0 aromatic carbocycles. The Kier molecular flexibility index (Phi) is 6.63. The number of hydrogen-bond acceptors (Lipinski definition) is 2. The van der Waals surface area contributed by atoms with Crippen LogP contribution in [0, 0.1) is 11.8 Å². The molecule has 0 aliphatic carbocycles. The Hall–Kier alpha value is -0.660. The minimum Gasteiger partial charge on any atom is -0.167 e. The SMILES string of the molecule is C=N/N=C\C(C)C(C)CCCC. The summed E-state index contributed by atoms with van der Waals surface area (Å²) in [5.74, 6) is 1.22. The Balaban J connectivity index is 3.67. The maximum absolute atomic E-state index is 3.79. The summed E-state index contributed by atoms with van der Waals surface area (Å²) in [6, 6.07) is 0. The molecule has 0 saturated heterocycles. The van der Waals surface area contributed by atoms with E-state index >= 15 is 0 Å². The number of rotatable bonds is 6. The molecule has 0 aliphatic heterocycles. The predicted octanol–water partition coefficient (Wildman–Crippen LogP) is 3.14. The molecule has 12 heavy (non-hydrogen) atoms. The topological polar surface area (TPSA) is 24.7 Å². The molecule has 0 aromatic rings. The van der Waals surface area contributed by atoms with Crippen LogP contribution in [-0.2, 0) is 0 Å². The van der Waals surface area contributed by atoms with Crippen molar-refractivity contribution in [3.63, 3.8) is 0 Å². The van der Waals surface area contributed by atoms with Crippen LogP contribution in [0.2, 0.25) is 0 Å². The Morgan fingerprint density at radius 3 is 2.58 bits per heavy atom. The molecule has 0 bridgehead atoms. The monoisotopic (exact) mass is 168 g/mol. The van der Waals surface area contributed by atoms with Gasteiger partial charge < -0.3 is 0 Å². The van der Waals surface area contributed by atoms with Crippen LogP contribution in [0.3, 0.4) is 0 Å². The van der Waals surface area contributed by atoms with Crippen LogP contribution in [0.4, 0.5) is 0 Å². The number of nitrogens with zero attached hydrogens (tertiary/aromatic N) is 2. The summed E-state index contributed by atoms with van der Waals surface area (Å²) < 4.78 is 0. The number of unbranched alkanes of at least 4 members (excludes halogenated alkanes) is 1.